The van der Waals surface area contributed by atoms with Crippen LogP contribution in [-0.2, 0) is 32.3 Å². The molecule has 0 radical (unpaired) electrons. The molecule has 0 bridgehead atoms. The number of carbonyl (C=O) groups is 1. The third kappa shape index (κ3) is 5.50. The standard InChI is InChI=1S/C19H16ClF3N2O6S/c20-13-7-6-12(19(21,22)23)10-16(13)32(28,29)24-11-17(26)30-9-3-8-25-14-4-1-2-5-15(14)31-18(25)27/h1-2,4-7,10,24H,3,8-9,11H2. The van der Waals surface area contributed by atoms with Gasteiger partial charge in [0.15, 0.2) is 5.58 Å². The number of nitrogens with one attached hydrogen (secondary N) is 1. The van der Waals surface area contributed by atoms with Crippen molar-refractivity contribution in [2.45, 2.75) is 24.0 Å². The molecule has 1 heterocycles. The van der Waals surface area contributed by atoms with Gasteiger partial charge in [0.1, 0.15) is 11.4 Å². The monoisotopic (exact) mass is 492 g/mol. The smallest absolute Gasteiger partial charge is 0.419 e. The third-order valence-corrected chi connectivity index (χ3v) is 6.20. The van der Waals surface area contributed by atoms with Gasteiger partial charge in [-0.2, -0.15) is 17.9 Å². The van der Waals surface area contributed by atoms with Crippen LogP contribution in [0, 0.1) is 0 Å². The molecule has 172 valence electrons. The fourth-order valence-corrected chi connectivity index (χ4v) is 4.30. The van der Waals surface area contributed by atoms with Crippen molar-refractivity contribution < 1.29 is 35.5 Å². The summed E-state index contributed by atoms with van der Waals surface area (Å²) in [7, 11) is -4.51. The van der Waals surface area contributed by atoms with Gasteiger partial charge < -0.3 is 9.15 Å². The number of rotatable bonds is 8. The molecule has 3 aromatic rings. The van der Waals surface area contributed by atoms with Crippen LogP contribution in [0.25, 0.3) is 11.1 Å². The summed E-state index contributed by atoms with van der Waals surface area (Å²) in [6, 6.07) is 8.60. The number of alkyl halides is 3. The van der Waals surface area contributed by atoms with Crippen LogP contribution in [0.15, 0.2) is 56.6 Å². The molecule has 1 N–H and O–H groups in total. The number of hydrogen-bond donors (Lipinski definition) is 1. The number of aryl methyl sites for hydroxylation is 1. The van der Waals surface area contributed by atoms with Crippen LogP contribution in [0.5, 0.6) is 0 Å². The summed E-state index contributed by atoms with van der Waals surface area (Å²) < 4.78 is 76.2. The molecule has 0 saturated heterocycles. The summed E-state index contributed by atoms with van der Waals surface area (Å²) in [5.41, 5.74) is -0.210. The number of carbonyl (C=O) groups excluding carboxylic acids is 1. The average molecular weight is 493 g/mol. The lowest BCUT2D eigenvalue weighted by atomic mass is 10.2. The zero-order valence-electron chi connectivity index (χ0n) is 16.2. The molecule has 2 aromatic carbocycles. The van der Waals surface area contributed by atoms with Gasteiger partial charge >= 0.3 is 17.9 Å². The van der Waals surface area contributed by atoms with E-state index >= 15 is 0 Å². The largest absolute Gasteiger partial charge is 0.465 e. The van der Waals surface area contributed by atoms with E-state index in [4.69, 9.17) is 20.8 Å². The quantitative estimate of drug-likeness (QED) is 0.382. The molecule has 0 unspecified atom stereocenters. The third-order valence-electron chi connectivity index (χ3n) is 4.32. The van der Waals surface area contributed by atoms with Crippen molar-refractivity contribution in [1.82, 2.24) is 9.29 Å². The van der Waals surface area contributed by atoms with Gasteiger partial charge in [0, 0.05) is 6.54 Å². The molecule has 0 aliphatic carbocycles. The van der Waals surface area contributed by atoms with Crippen LogP contribution in [0.2, 0.25) is 5.02 Å². The number of sulfonamides is 1. The second-order valence-electron chi connectivity index (χ2n) is 6.53. The summed E-state index contributed by atoms with van der Waals surface area (Å²) in [4.78, 5) is 22.9. The molecule has 0 saturated carbocycles. The number of aromatic nitrogens is 1. The first-order chi connectivity index (χ1) is 15.0. The Kier molecular flexibility index (Phi) is 6.96. The van der Waals surface area contributed by atoms with E-state index in [2.05, 4.69) is 0 Å². The Hall–Kier alpha value is -2.83. The first-order valence-corrected chi connectivity index (χ1v) is 11.0. The molecule has 1 aromatic heterocycles. The summed E-state index contributed by atoms with van der Waals surface area (Å²) in [5.74, 6) is -1.52. The lowest BCUT2D eigenvalue weighted by molar-refractivity contribution is -0.142. The highest BCUT2D eigenvalue weighted by atomic mass is 35.5. The van der Waals surface area contributed by atoms with E-state index in [1.165, 1.54) is 4.57 Å². The average Bonchev–Trinajstić information content (AvgIpc) is 3.04. The molecule has 0 aliphatic heterocycles. The number of oxazole rings is 1. The molecule has 0 aliphatic rings. The number of halogens is 4. The Labute approximate surface area is 184 Å². The van der Waals surface area contributed by atoms with E-state index in [1.807, 2.05) is 4.72 Å². The van der Waals surface area contributed by atoms with Crippen LogP contribution in [0.1, 0.15) is 12.0 Å². The Balaban J connectivity index is 1.53. The SMILES string of the molecule is O=C(CNS(=O)(=O)c1cc(C(F)(F)F)ccc1Cl)OCCCn1c(=O)oc2ccccc21. The molecule has 0 spiro atoms. The summed E-state index contributed by atoms with van der Waals surface area (Å²) >= 11 is 5.71. The van der Waals surface area contributed by atoms with Crippen molar-refractivity contribution in [3.8, 4) is 0 Å². The van der Waals surface area contributed by atoms with Gasteiger partial charge in [-0.05, 0) is 36.8 Å². The van der Waals surface area contributed by atoms with Crippen LogP contribution in [-0.4, -0.2) is 32.1 Å². The predicted octanol–water partition coefficient (Wildman–Crippen LogP) is 3.18. The lowest BCUT2D eigenvalue weighted by Crippen LogP contribution is -2.31. The van der Waals surface area contributed by atoms with Gasteiger partial charge in [-0.3, -0.25) is 9.36 Å². The van der Waals surface area contributed by atoms with Crippen molar-refractivity contribution in [3.05, 3.63) is 63.6 Å². The molecule has 3 rings (SSSR count). The molecule has 0 atom stereocenters. The van der Waals surface area contributed by atoms with Gasteiger partial charge in [0.05, 0.1) is 22.7 Å². The molecule has 13 heteroatoms. The van der Waals surface area contributed by atoms with Crippen molar-refractivity contribution in [2.24, 2.45) is 0 Å². The predicted molar refractivity (Wildman–Crippen MR) is 108 cm³/mol. The zero-order chi connectivity index (χ0) is 23.5. The first-order valence-electron chi connectivity index (χ1n) is 9.09. The van der Waals surface area contributed by atoms with Gasteiger partial charge in [-0.25, -0.2) is 13.2 Å². The molecule has 0 fully saturated rings. The van der Waals surface area contributed by atoms with E-state index in [0.29, 0.717) is 23.2 Å². The maximum atomic E-state index is 12.8. The van der Waals surface area contributed by atoms with Gasteiger partial charge in [0.25, 0.3) is 0 Å². The fraction of sp³-hybridized carbons (Fsp3) is 0.263. The summed E-state index contributed by atoms with van der Waals surface area (Å²) in [6.07, 6.45) is -4.53. The van der Waals surface area contributed by atoms with Crippen molar-refractivity contribution in [2.75, 3.05) is 13.2 Å². The first kappa shape index (κ1) is 23.8. The number of fused-ring (bicyclic) bond motifs is 1. The van der Waals surface area contributed by atoms with E-state index in [1.54, 1.807) is 24.3 Å². The fourth-order valence-electron chi connectivity index (χ4n) is 2.80. The molecule has 0 amide bonds. The lowest BCUT2D eigenvalue weighted by Gasteiger charge is -2.12. The molecule has 32 heavy (non-hydrogen) atoms. The minimum absolute atomic E-state index is 0.128. The highest BCUT2D eigenvalue weighted by Crippen LogP contribution is 2.33. The van der Waals surface area contributed by atoms with E-state index in [0.717, 1.165) is 6.07 Å². The van der Waals surface area contributed by atoms with Crippen LogP contribution < -0.4 is 10.5 Å². The van der Waals surface area contributed by atoms with Gasteiger partial charge in [-0.1, -0.05) is 23.7 Å². The number of benzene rings is 2. The van der Waals surface area contributed by atoms with Crippen molar-refractivity contribution in [1.29, 1.82) is 0 Å². The maximum absolute atomic E-state index is 12.8. The second-order valence-corrected chi connectivity index (χ2v) is 8.67. The van der Waals surface area contributed by atoms with Crippen LogP contribution in [0.3, 0.4) is 0 Å². The maximum Gasteiger partial charge on any atom is 0.419 e. The summed E-state index contributed by atoms with van der Waals surface area (Å²) in [6.45, 7) is -0.755. The number of hydrogen-bond acceptors (Lipinski definition) is 6. The van der Waals surface area contributed by atoms with Crippen LogP contribution >= 0.6 is 11.6 Å². The van der Waals surface area contributed by atoms with Crippen LogP contribution in [0.4, 0.5) is 13.2 Å². The Morgan fingerprint density at radius 3 is 2.62 bits per heavy atom. The Morgan fingerprint density at radius 2 is 1.91 bits per heavy atom. The number of esters is 1. The topological polar surface area (TPSA) is 108 Å². The molecular weight excluding hydrogens is 477 g/mol. The number of para-hydroxylation sites is 2. The Morgan fingerprint density at radius 1 is 1.19 bits per heavy atom. The number of ether oxygens (including phenoxy) is 1. The molecule has 8 nitrogen and oxygen atoms in total. The number of nitrogens with zero attached hydrogens (tertiary/aromatic N) is 1. The van der Waals surface area contributed by atoms with Gasteiger partial charge in [-0.15, -0.1) is 0 Å². The zero-order valence-corrected chi connectivity index (χ0v) is 17.8. The van der Waals surface area contributed by atoms with E-state index in [9.17, 15) is 31.2 Å². The Bertz CT molecular complexity index is 1300. The van der Waals surface area contributed by atoms with Crippen molar-refractivity contribution in [3.63, 3.8) is 0 Å². The minimum atomic E-state index is -4.77. The van der Waals surface area contributed by atoms with Crippen molar-refractivity contribution >= 4 is 38.7 Å². The second kappa shape index (κ2) is 9.35. The highest BCUT2D eigenvalue weighted by molar-refractivity contribution is 7.89. The minimum Gasteiger partial charge on any atom is -0.465 e. The van der Waals surface area contributed by atoms with Gasteiger partial charge in [0.2, 0.25) is 10.0 Å². The van der Waals surface area contributed by atoms with E-state index < -0.39 is 50.0 Å². The normalized spacial score (nSPS) is 12.2. The highest BCUT2D eigenvalue weighted by Gasteiger charge is 2.32. The molecular formula is C19H16ClF3N2O6S. The van der Waals surface area contributed by atoms with E-state index in [-0.39, 0.29) is 19.6 Å². The summed E-state index contributed by atoms with van der Waals surface area (Å²) in [5, 5.41) is -0.434.